The van der Waals surface area contributed by atoms with Crippen LogP contribution in [0.2, 0.25) is 5.02 Å². The number of carbonyl (C=O) groups excluding carboxylic acids is 2. The molecular weight excluding hydrogens is 374 g/mol. The highest BCUT2D eigenvalue weighted by atomic mass is 35.5. The summed E-state index contributed by atoms with van der Waals surface area (Å²) in [5.74, 6) is -0.535. The van der Waals surface area contributed by atoms with Crippen molar-refractivity contribution in [2.75, 3.05) is 18.0 Å². The van der Waals surface area contributed by atoms with Crippen LogP contribution in [0.1, 0.15) is 38.7 Å². The average molecular weight is 402 g/mol. The number of anilines is 1. The standard InChI is InChI=1S/C22H28ClN3O2/c1-3-22(4-2,17-10-12-18(23)13-11-17)25-16-21(28)26(15-14-20(24)27)19-8-6-5-7-9-19/h5-13,25H,3-4,14-16H2,1-2H3,(H2,24,27). The molecule has 0 saturated heterocycles. The Hall–Kier alpha value is -2.37. The van der Waals surface area contributed by atoms with Crippen molar-refractivity contribution in [3.05, 3.63) is 65.2 Å². The molecule has 0 aliphatic heterocycles. The van der Waals surface area contributed by atoms with Gasteiger partial charge in [-0.05, 0) is 42.7 Å². The number of para-hydroxylation sites is 1. The SMILES string of the molecule is CCC(CC)(NCC(=O)N(CCC(N)=O)c1ccccc1)c1ccc(Cl)cc1. The van der Waals surface area contributed by atoms with Crippen molar-refractivity contribution in [1.82, 2.24) is 5.32 Å². The molecule has 0 spiro atoms. The highest BCUT2D eigenvalue weighted by Gasteiger charge is 2.29. The van der Waals surface area contributed by atoms with E-state index in [2.05, 4.69) is 19.2 Å². The number of halogens is 1. The molecule has 0 fully saturated rings. The Labute approximate surface area is 171 Å². The maximum absolute atomic E-state index is 13.0. The zero-order chi connectivity index (χ0) is 20.6. The number of amides is 2. The Morgan fingerprint density at radius 3 is 2.18 bits per heavy atom. The molecule has 2 aromatic rings. The van der Waals surface area contributed by atoms with Gasteiger partial charge in [0.1, 0.15) is 0 Å². The highest BCUT2D eigenvalue weighted by Crippen LogP contribution is 2.29. The molecule has 0 aliphatic carbocycles. The molecule has 6 heteroatoms. The molecule has 3 N–H and O–H groups in total. The van der Waals surface area contributed by atoms with Crippen LogP contribution in [0.5, 0.6) is 0 Å². The van der Waals surface area contributed by atoms with Crippen LogP contribution in [-0.4, -0.2) is 24.9 Å². The first-order valence-corrected chi connectivity index (χ1v) is 9.94. The lowest BCUT2D eigenvalue weighted by atomic mass is 9.84. The number of hydrogen-bond acceptors (Lipinski definition) is 3. The smallest absolute Gasteiger partial charge is 0.240 e. The van der Waals surface area contributed by atoms with Gasteiger partial charge in [-0.2, -0.15) is 0 Å². The van der Waals surface area contributed by atoms with Gasteiger partial charge in [-0.3, -0.25) is 14.9 Å². The van der Waals surface area contributed by atoms with E-state index >= 15 is 0 Å². The fraction of sp³-hybridized carbons (Fsp3) is 0.364. The van der Waals surface area contributed by atoms with Gasteiger partial charge in [-0.15, -0.1) is 0 Å². The van der Waals surface area contributed by atoms with Crippen molar-refractivity contribution in [2.45, 2.75) is 38.6 Å². The largest absolute Gasteiger partial charge is 0.370 e. The van der Waals surface area contributed by atoms with Gasteiger partial charge >= 0.3 is 0 Å². The molecule has 0 aromatic heterocycles. The lowest BCUT2D eigenvalue weighted by molar-refractivity contribution is -0.119. The van der Waals surface area contributed by atoms with E-state index in [9.17, 15) is 9.59 Å². The van der Waals surface area contributed by atoms with Gasteiger partial charge < -0.3 is 10.6 Å². The van der Waals surface area contributed by atoms with E-state index in [0.717, 1.165) is 24.1 Å². The van der Waals surface area contributed by atoms with Gasteiger partial charge in [-0.1, -0.05) is 55.8 Å². The molecule has 2 aromatic carbocycles. The molecule has 0 aliphatic rings. The van der Waals surface area contributed by atoms with Crippen molar-refractivity contribution in [3.63, 3.8) is 0 Å². The summed E-state index contributed by atoms with van der Waals surface area (Å²) < 4.78 is 0. The van der Waals surface area contributed by atoms with E-state index in [-0.39, 0.29) is 31.0 Å². The topological polar surface area (TPSA) is 75.4 Å². The molecule has 5 nitrogen and oxygen atoms in total. The Morgan fingerprint density at radius 1 is 1.04 bits per heavy atom. The van der Waals surface area contributed by atoms with Crippen LogP contribution in [0.25, 0.3) is 0 Å². The number of hydrogen-bond donors (Lipinski definition) is 2. The van der Waals surface area contributed by atoms with Crippen LogP contribution in [0.15, 0.2) is 54.6 Å². The summed E-state index contributed by atoms with van der Waals surface area (Å²) in [4.78, 5) is 25.9. The molecule has 28 heavy (non-hydrogen) atoms. The van der Waals surface area contributed by atoms with Crippen molar-refractivity contribution in [1.29, 1.82) is 0 Å². The molecule has 0 heterocycles. The molecule has 0 bridgehead atoms. The van der Waals surface area contributed by atoms with Crippen LogP contribution in [0.4, 0.5) is 5.69 Å². The average Bonchev–Trinajstić information content (AvgIpc) is 2.71. The molecule has 150 valence electrons. The second-order valence-electron chi connectivity index (χ2n) is 6.75. The number of nitrogens with one attached hydrogen (secondary N) is 1. The molecule has 0 unspecified atom stereocenters. The maximum atomic E-state index is 13.0. The van der Waals surface area contributed by atoms with Crippen molar-refractivity contribution in [3.8, 4) is 0 Å². The third-order valence-electron chi connectivity index (χ3n) is 5.13. The van der Waals surface area contributed by atoms with E-state index < -0.39 is 5.91 Å². The van der Waals surface area contributed by atoms with Crippen LogP contribution < -0.4 is 16.0 Å². The van der Waals surface area contributed by atoms with Crippen LogP contribution >= 0.6 is 11.6 Å². The van der Waals surface area contributed by atoms with E-state index in [0.29, 0.717) is 5.02 Å². The number of nitrogens with zero attached hydrogens (tertiary/aromatic N) is 1. The first kappa shape index (κ1) is 21.9. The number of nitrogens with two attached hydrogens (primary N) is 1. The Bertz CT molecular complexity index is 774. The predicted molar refractivity (Wildman–Crippen MR) is 114 cm³/mol. The lowest BCUT2D eigenvalue weighted by Crippen LogP contribution is -2.48. The summed E-state index contributed by atoms with van der Waals surface area (Å²) in [5, 5.41) is 4.14. The summed E-state index contributed by atoms with van der Waals surface area (Å²) in [6.45, 7) is 4.60. The van der Waals surface area contributed by atoms with Gasteiger partial charge in [0.25, 0.3) is 0 Å². The highest BCUT2D eigenvalue weighted by molar-refractivity contribution is 6.30. The number of carbonyl (C=O) groups is 2. The number of rotatable bonds is 10. The van der Waals surface area contributed by atoms with Crippen molar-refractivity contribution < 1.29 is 9.59 Å². The van der Waals surface area contributed by atoms with Gasteiger partial charge in [0.15, 0.2) is 0 Å². The lowest BCUT2D eigenvalue weighted by Gasteiger charge is -2.34. The Kier molecular flexibility index (Phi) is 8.03. The third-order valence-corrected chi connectivity index (χ3v) is 5.38. The summed E-state index contributed by atoms with van der Waals surface area (Å²) in [7, 11) is 0. The summed E-state index contributed by atoms with van der Waals surface area (Å²) in [5.41, 5.74) is 6.81. The molecular formula is C22H28ClN3O2. The molecule has 2 rings (SSSR count). The zero-order valence-corrected chi connectivity index (χ0v) is 17.2. The van der Waals surface area contributed by atoms with Gasteiger partial charge in [0.2, 0.25) is 11.8 Å². The quantitative estimate of drug-likeness (QED) is 0.634. The summed E-state index contributed by atoms with van der Waals surface area (Å²) in [6, 6.07) is 17.0. The molecule has 2 amide bonds. The summed E-state index contributed by atoms with van der Waals surface area (Å²) >= 11 is 6.03. The predicted octanol–water partition coefficient (Wildman–Crippen LogP) is 3.85. The normalized spacial score (nSPS) is 11.2. The van der Waals surface area contributed by atoms with E-state index in [1.54, 1.807) is 4.90 Å². The first-order valence-electron chi connectivity index (χ1n) is 9.56. The number of benzene rings is 2. The second kappa shape index (κ2) is 10.2. The second-order valence-corrected chi connectivity index (χ2v) is 7.18. The van der Waals surface area contributed by atoms with Crippen molar-refractivity contribution >= 4 is 29.1 Å². The van der Waals surface area contributed by atoms with Crippen molar-refractivity contribution in [2.24, 2.45) is 5.73 Å². The molecule has 0 saturated carbocycles. The Balaban J connectivity index is 2.18. The maximum Gasteiger partial charge on any atom is 0.240 e. The monoisotopic (exact) mass is 401 g/mol. The minimum absolute atomic E-state index is 0.104. The Morgan fingerprint density at radius 2 is 1.64 bits per heavy atom. The fourth-order valence-electron chi connectivity index (χ4n) is 3.35. The van der Waals surface area contributed by atoms with E-state index in [1.807, 2.05) is 54.6 Å². The van der Waals surface area contributed by atoms with E-state index in [1.165, 1.54) is 0 Å². The fourth-order valence-corrected chi connectivity index (χ4v) is 3.47. The summed E-state index contributed by atoms with van der Waals surface area (Å²) in [6.07, 6.45) is 1.76. The van der Waals surface area contributed by atoms with Crippen LogP contribution in [-0.2, 0) is 15.1 Å². The zero-order valence-electron chi connectivity index (χ0n) is 16.5. The molecule has 0 atom stereocenters. The van der Waals surface area contributed by atoms with Crippen LogP contribution in [0, 0.1) is 0 Å². The van der Waals surface area contributed by atoms with Crippen LogP contribution in [0.3, 0.4) is 0 Å². The van der Waals surface area contributed by atoms with Gasteiger partial charge in [0, 0.05) is 29.2 Å². The number of primary amides is 1. The third kappa shape index (κ3) is 5.57. The van der Waals surface area contributed by atoms with Gasteiger partial charge in [0.05, 0.1) is 6.54 Å². The minimum Gasteiger partial charge on any atom is -0.370 e. The van der Waals surface area contributed by atoms with Gasteiger partial charge in [-0.25, -0.2) is 0 Å². The first-order chi connectivity index (χ1) is 13.4. The minimum atomic E-state index is -0.431. The van der Waals surface area contributed by atoms with E-state index in [4.69, 9.17) is 17.3 Å². The molecule has 0 radical (unpaired) electrons.